The van der Waals surface area contributed by atoms with E-state index in [1.54, 1.807) is 0 Å². The van der Waals surface area contributed by atoms with Gasteiger partial charge in [-0.2, -0.15) is 0 Å². The number of aliphatic hydroxyl groups is 1. The number of halogens is 4. The number of Topliss-reactive ketones (excluding diaryl/α,β-unsaturated/α-hetero) is 1. The fraction of sp³-hybridized carbons (Fsp3) is 0.120. The third kappa shape index (κ3) is 4.68. The summed E-state index contributed by atoms with van der Waals surface area (Å²) < 4.78 is 55.9. The van der Waals surface area contributed by atoms with Crippen LogP contribution in [0, 0.1) is 12.7 Å². The van der Waals surface area contributed by atoms with Crippen molar-refractivity contribution in [3.63, 3.8) is 0 Å². The Balaban J connectivity index is 1.91. The molecule has 1 amide bonds. The van der Waals surface area contributed by atoms with Gasteiger partial charge >= 0.3 is 6.36 Å². The summed E-state index contributed by atoms with van der Waals surface area (Å²) in [7, 11) is 0. The zero-order valence-corrected chi connectivity index (χ0v) is 18.0. The number of aromatic hydroxyl groups is 1. The Hall–Kier alpha value is -4.34. The molecule has 0 aromatic heterocycles. The zero-order chi connectivity index (χ0) is 25.5. The maximum atomic E-state index is 13.8. The van der Waals surface area contributed by atoms with Crippen LogP contribution in [-0.2, 0) is 9.59 Å². The lowest BCUT2D eigenvalue weighted by molar-refractivity contribution is -0.274. The van der Waals surface area contributed by atoms with E-state index in [0.29, 0.717) is 0 Å². The summed E-state index contributed by atoms with van der Waals surface area (Å²) in [5, 5.41) is 20.7. The highest BCUT2D eigenvalue weighted by Gasteiger charge is 2.47. The number of hydrogen-bond donors (Lipinski definition) is 2. The van der Waals surface area contributed by atoms with Gasteiger partial charge in [0.2, 0.25) is 0 Å². The van der Waals surface area contributed by atoms with Crippen LogP contribution in [-0.4, -0.2) is 28.3 Å². The summed E-state index contributed by atoms with van der Waals surface area (Å²) in [5.41, 5.74) is 0.0842. The average molecular weight is 487 g/mol. The van der Waals surface area contributed by atoms with E-state index in [1.807, 2.05) is 0 Å². The van der Waals surface area contributed by atoms with Gasteiger partial charge in [-0.15, -0.1) is 13.2 Å². The van der Waals surface area contributed by atoms with Gasteiger partial charge in [0.1, 0.15) is 23.1 Å². The molecule has 1 unspecified atom stereocenters. The van der Waals surface area contributed by atoms with Gasteiger partial charge in [0.25, 0.3) is 11.7 Å². The van der Waals surface area contributed by atoms with Gasteiger partial charge < -0.3 is 14.9 Å². The number of carbonyl (C=O) groups is 2. The minimum absolute atomic E-state index is 0.0693. The minimum Gasteiger partial charge on any atom is -0.508 e. The third-order valence-electron chi connectivity index (χ3n) is 5.41. The summed E-state index contributed by atoms with van der Waals surface area (Å²) >= 11 is 0. The molecular weight excluding hydrogens is 470 g/mol. The number of amides is 1. The Bertz CT molecular complexity index is 1350. The Kier molecular flexibility index (Phi) is 5.98. The molecule has 1 saturated heterocycles. The number of phenols is 1. The predicted molar refractivity (Wildman–Crippen MR) is 117 cm³/mol. The number of anilines is 1. The summed E-state index contributed by atoms with van der Waals surface area (Å²) in [6, 6.07) is 12.2. The van der Waals surface area contributed by atoms with E-state index < -0.39 is 41.4 Å². The Morgan fingerprint density at radius 1 is 1.00 bits per heavy atom. The molecule has 1 fully saturated rings. The molecule has 4 rings (SSSR count). The van der Waals surface area contributed by atoms with Gasteiger partial charge in [-0.1, -0.05) is 18.2 Å². The number of rotatable bonds is 4. The van der Waals surface area contributed by atoms with Gasteiger partial charge in [-0.3, -0.25) is 14.5 Å². The second-order valence-corrected chi connectivity index (χ2v) is 7.77. The topological polar surface area (TPSA) is 87.1 Å². The number of ether oxygens (including phenoxy) is 1. The first-order valence-corrected chi connectivity index (χ1v) is 10.2. The molecule has 0 saturated carbocycles. The van der Waals surface area contributed by atoms with E-state index in [-0.39, 0.29) is 33.7 Å². The Labute approximate surface area is 196 Å². The van der Waals surface area contributed by atoms with Gasteiger partial charge in [-0.25, -0.2) is 4.39 Å². The first-order chi connectivity index (χ1) is 16.5. The van der Waals surface area contributed by atoms with E-state index in [0.717, 1.165) is 23.1 Å². The number of carbonyl (C=O) groups excluding carboxylic acids is 2. The van der Waals surface area contributed by atoms with Crippen molar-refractivity contribution in [2.45, 2.75) is 19.3 Å². The molecule has 10 heteroatoms. The van der Waals surface area contributed by atoms with Crippen LogP contribution in [0.5, 0.6) is 11.5 Å². The number of alkyl halides is 3. The van der Waals surface area contributed by atoms with Crippen LogP contribution >= 0.6 is 0 Å². The van der Waals surface area contributed by atoms with Crippen molar-refractivity contribution in [1.29, 1.82) is 0 Å². The molecule has 0 aliphatic carbocycles. The van der Waals surface area contributed by atoms with Crippen LogP contribution in [0.25, 0.3) is 5.76 Å². The smallest absolute Gasteiger partial charge is 0.508 e. The summed E-state index contributed by atoms with van der Waals surface area (Å²) in [6.45, 7) is 1.45. The first-order valence-electron chi connectivity index (χ1n) is 10.2. The second-order valence-electron chi connectivity index (χ2n) is 7.77. The first kappa shape index (κ1) is 23.8. The lowest BCUT2D eigenvalue weighted by Crippen LogP contribution is -2.29. The van der Waals surface area contributed by atoms with Crippen LogP contribution in [0.4, 0.5) is 23.2 Å². The molecule has 35 heavy (non-hydrogen) atoms. The van der Waals surface area contributed by atoms with Crippen LogP contribution in [0.15, 0.2) is 72.3 Å². The molecular formula is C25H17F4NO5. The van der Waals surface area contributed by atoms with E-state index in [1.165, 1.54) is 55.5 Å². The molecule has 0 spiro atoms. The maximum absolute atomic E-state index is 13.8. The van der Waals surface area contributed by atoms with Crippen molar-refractivity contribution in [2.24, 2.45) is 0 Å². The molecule has 2 N–H and O–H groups in total. The SMILES string of the molecule is Cc1cc(/C(O)=C2\C(=O)C(=O)N(c3cccc(OC(F)(F)F)c3)C2c2ccc(O)cc2)ccc1F. The normalized spacial score (nSPS) is 17.6. The molecule has 1 aliphatic rings. The van der Waals surface area contributed by atoms with E-state index in [9.17, 15) is 37.4 Å². The third-order valence-corrected chi connectivity index (χ3v) is 5.41. The molecule has 6 nitrogen and oxygen atoms in total. The van der Waals surface area contributed by atoms with E-state index >= 15 is 0 Å². The fourth-order valence-electron chi connectivity index (χ4n) is 3.85. The lowest BCUT2D eigenvalue weighted by atomic mass is 9.94. The fourth-order valence-corrected chi connectivity index (χ4v) is 3.85. The summed E-state index contributed by atoms with van der Waals surface area (Å²) in [6.07, 6.45) is -4.98. The highest BCUT2D eigenvalue weighted by molar-refractivity contribution is 6.51. The molecule has 3 aromatic carbocycles. The number of nitrogens with zero attached hydrogens (tertiary/aromatic N) is 1. The summed E-state index contributed by atoms with van der Waals surface area (Å²) in [4.78, 5) is 27.1. The van der Waals surface area contributed by atoms with Gasteiger partial charge in [0.15, 0.2) is 0 Å². The lowest BCUT2D eigenvalue weighted by Gasteiger charge is -2.26. The van der Waals surface area contributed by atoms with Crippen molar-refractivity contribution < 1.29 is 42.1 Å². The second kappa shape index (κ2) is 8.79. The van der Waals surface area contributed by atoms with Crippen molar-refractivity contribution in [3.8, 4) is 11.5 Å². The number of aliphatic hydroxyl groups excluding tert-OH is 1. The van der Waals surface area contributed by atoms with Gasteiger partial charge in [0.05, 0.1) is 11.6 Å². The highest BCUT2D eigenvalue weighted by atomic mass is 19.4. The molecule has 1 atom stereocenters. The van der Waals surface area contributed by atoms with Crippen molar-refractivity contribution in [3.05, 3.63) is 94.8 Å². The van der Waals surface area contributed by atoms with Gasteiger partial charge in [-0.05, 0) is 60.5 Å². The quantitative estimate of drug-likeness (QED) is 0.224. The summed E-state index contributed by atoms with van der Waals surface area (Å²) in [5.74, 6) is -4.05. The zero-order valence-electron chi connectivity index (χ0n) is 18.0. The Morgan fingerprint density at radius 3 is 2.31 bits per heavy atom. The number of benzene rings is 3. The number of ketones is 1. The molecule has 1 aliphatic heterocycles. The number of phenolic OH excluding ortho intramolecular Hbond substituents is 1. The number of hydrogen-bond acceptors (Lipinski definition) is 5. The average Bonchev–Trinajstić information content (AvgIpc) is 3.05. The van der Waals surface area contributed by atoms with Crippen LogP contribution < -0.4 is 9.64 Å². The monoisotopic (exact) mass is 487 g/mol. The van der Waals surface area contributed by atoms with Crippen molar-refractivity contribution in [2.75, 3.05) is 4.90 Å². The molecule has 0 bridgehead atoms. The van der Waals surface area contributed by atoms with E-state index in [2.05, 4.69) is 4.74 Å². The maximum Gasteiger partial charge on any atom is 0.573 e. The standard InChI is InChI=1S/C25H17F4NO5/c1-13-11-15(7-10-19(13)26)22(32)20-21(14-5-8-17(31)9-6-14)30(24(34)23(20)33)16-3-2-4-18(12-16)35-25(27,28)29/h2-12,21,31-32H,1H3/b22-20+. The van der Waals surface area contributed by atoms with Crippen LogP contribution in [0.2, 0.25) is 0 Å². The van der Waals surface area contributed by atoms with Crippen LogP contribution in [0.1, 0.15) is 22.7 Å². The molecule has 0 radical (unpaired) electrons. The molecule has 1 heterocycles. The van der Waals surface area contributed by atoms with Crippen molar-refractivity contribution >= 4 is 23.1 Å². The predicted octanol–water partition coefficient (Wildman–Crippen LogP) is 5.36. The largest absolute Gasteiger partial charge is 0.573 e. The molecule has 180 valence electrons. The van der Waals surface area contributed by atoms with Crippen LogP contribution in [0.3, 0.4) is 0 Å². The van der Waals surface area contributed by atoms with E-state index in [4.69, 9.17) is 0 Å². The minimum atomic E-state index is -4.98. The Morgan fingerprint density at radius 2 is 1.69 bits per heavy atom. The van der Waals surface area contributed by atoms with Gasteiger partial charge in [0, 0.05) is 17.3 Å². The number of aryl methyl sites for hydroxylation is 1. The molecule has 3 aromatic rings. The van der Waals surface area contributed by atoms with Crippen molar-refractivity contribution in [1.82, 2.24) is 0 Å². The highest BCUT2D eigenvalue weighted by Crippen LogP contribution is 2.43.